The lowest BCUT2D eigenvalue weighted by atomic mass is 9.96. The number of hydrogen-bond donors (Lipinski definition) is 0. The van der Waals surface area contributed by atoms with Crippen LogP contribution >= 0.6 is 11.8 Å². The van der Waals surface area contributed by atoms with Crippen LogP contribution < -0.4 is 0 Å². The molecule has 0 saturated carbocycles. The minimum Gasteiger partial charge on any atom is -0.0949 e. The number of hydrogen-bond acceptors (Lipinski definition) is 1. The van der Waals surface area contributed by atoms with Gasteiger partial charge in [0.25, 0.3) is 0 Å². The second-order valence-corrected chi connectivity index (χ2v) is 5.17. The van der Waals surface area contributed by atoms with Gasteiger partial charge < -0.3 is 0 Å². The van der Waals surface area contributed by atoms with Gasteiger partial charge in [0, 0.05) is 4.90 Å². The van der Waals surface area contributed by atoms with E-state index >= 15 is 0 Å². The van der Waals surface area contributed by atoms with Crippen LogP contribution in [0, 0.1) is 5.92 Å². The summed E-state index contributed by atoms with van der Waals surface area (Å²) in [6.45, 7) is 2.33. The van der Waals surface area contributed by atoms with Crippen LogP contribution in [0.2, 0.25) is 0 Å². The minimum absolute atomic E-state index is 0.884. The molecule has 1 aromatic carbocycles. The molecule has 74 valence electrons. The van der Waals surface area contributed by atoms with E-state index in [2.05, 4.69) is 43.3 Å². The zero-order valence-corrected chi connectivity index (χ0v) is 9.39. The maximum absolute atomic E-state index is 2.41. The van der Waals surface area contributed by atoms with Gasteiger partial charge in [-0.25, -0.2) is 0 Å². The van der Waals surface area contributed by atoms with E-state index in [1.54, 1.807) is 4.91 Å². The van der Waals surface area contributed by atoms with E-state index in [1.165, 1.54) is 24.2 Å². The minimum atomic E-state index is 0.884. The molecule has 0 spiro atoms. The fraction of sp³-hybridized carbons (Fsp3) is 0.385. The third-order valence-electron chi connectivity index (χ3n) is 2.62. The highest BCUT2D eigenvalue weighted by Crippen LogP contribution is 2.34. The Labute approximate surface area is 90.4 Å². The topological polar surface area (TPSA) is 0 Å². The van der Waals surface area contributed by atoms with Gasteiger partial charge in [-0.2, -0.15) is 0 Å². The Morgan fingerprint density at radius 1 is 1.21 bits per heavy atom. The van der Waals surface area contributed by atoms with E-state index in [9.17, 15) is 0 Å². The first-order chi connectivity index (χ1) is 6.84. The van der Waals surface area contributed by atoms with E-state index < -0.39 is 0 Å². The number of allylic oxidation sites excluding steroid dienone is 2. The van der Waals surface area contributed by atoms with E-state index in [-0.39, 0.29) is 0 Å². The standard InChI is InChI=1S/C13H16S/c1-11-7-9-13(10-8-11)14-12-5-3-2-4-6-12/h2-6,9,11H,7-8,10H2,1H3. The highest BCUT2D eigenvalue weighted by molar-refractivity contribution is 8.03. The van der Waals surface area contributed by atoms with Crippen LogP contribution in [-0.2, 0) is 0 Å². The summed E-state index contributed by atoms with van der Waals surface area (Å²) in [5, 5.41) is 0. The van der Waals surface area contributed by atoms with Crippen molar-refractivity contribution in [2.45, 2.75) is 31.1 Å². The van der Waals surface area contributed by atoms with Gasteiger partial charge >= 0.3 is 0 Å². The summed E-state index contributed by atoms with van der Waals surface area (Å²) in [7, 11) is 0. The van der Waals surface area contributed by atoms with Crippen molar-refractivity contribution < 1.29 is 0 Å². The molecule has 0 bridgehead atoms. The quantitative estimate of drug-likeness (QED) is 0.684. The highest BCUT2D eigenvalue weighted by Gasteiger charge is 2.10. The van der Waals surface area contributed by atoms with Gasteiger partial charge in [-0.1, -0.05) is 43.0 Å². The molecule has 0 aromatic heterocycles. The smallest absolute Gasteiger partial charge is 0.0118 e. The number of thioether (sulfide) groups is 1. The van der Waals surface area contributed by atoms with Crippen LogP contribution in [0.3, 0.4) is 0 Å². The second-order valence-electron chi connectivity index (χ2n) is 3.97. The third kappa shape index (κ3) is 2.65. The van der Waals surface area contributed by atoms with Crippen molar-refractivity contribution in [1.29, 1.82) is 0 Å². The van der Waals surface area contributed by atoms with Crippen molar-refractivity contribution in [3.8, 4) is 0 Å². The van der Waals surface area contributed by atoms with Crippen molar-refractivity contribution in [1.82, 2.24) is 0 Å². The van der Waals surface area contributed by atoms with Gasteiger partial charge in [0.05, 0.1) is 0 Å². The summed E-state index contributed by atoms with van der Waals surface area (Å²) in [6.07, 6.45) is 6.29. The molecule has 2 rings (SSSR count). The van der Waals surface area contributed by atoms with E-state index in [0.29, 0.717) is 0 Å². The van der Waals surface area contributed by atoms with Crippen molar-refractivity contribution in [3.63, 3.8) is 0 Å². The lowest BCUT2D eigenvalue weighted by molar-refractivity contribution is 0.523. The molecule has 0 heterocycles. The number of rotatable bonds is 2. The van der Waals surface area contributed by atoms with Gasteiger partial charge in [0.15, 0.2) is 0 Å². The van der Waals surface area contributed by atoms with Crippen LogP contribution in [0.5, 0.6) is 0 Å². The summed E-state index contributed by atoms with van der Waals surface area (Å²) in [4.78, 5) is 2.92. The van der Waals surface area contributed by atoms with Crippen molar-refractivity contribution >= 4 is 11.8 Å². The largest absolute Gasteiger partial charge is 0.0949 e. The van der Waals surface area contributed by atoms with Crippen molar-refractivity contribution in [3.05, 3.63) is 41.3 Å². The predicted octanol–water partition coefficient (Wildman–Crippen LogP) is 4.48. The summed E-state index contributed by atoms with van der Waals surface area (Å²) in [6, 6.07) is 10.6. The average Bonchev–Trinajstić information content (AvgIpc) is 2.23. The molecule has 0 N–H and O–H groups in total. The molecule has 0 fully saturated rings. The molecule has 0 amide bonds. The van der Waals surface area contributed by atoms with E-state index in [0.717, 1.165) is 5.92 Å². The average molecular weight is 204 g/mol. The molecule has 0 radical (unpaired) electrons. The fourth-order valence-corrected chi connectivity index (χ4v) is 2.67. The van der Waals surface area contributed by atoms with Gasteiger partial charge in [-0.05, 0) is 42.2 Å². The normalized spacial score (nSPS) is 21.8. The van der Waals surface area contributed by atoms with Gasteiger partial charge in [0.2, 0.25) is 0 Å². The lowest BCUT2D eigenvalue weighted by Crippen LogP contribution is -1.99. The summed E-state index contributed by atoms with van der Waals surface area (Å²) in [5.41, 5.74) is 0. The number of benzene rings is 1. The molecule has 1 aromatic rings. The Hall–Kier alpha value is -0.690. The van der Waals surface area contributed by atoms with Crippen molar-refractivity contribution in [2.75, 3.05) is 0 Å². The maximum atomic E-state index is 2.41. The first-order valence-electron chi connectivity index (χ1n) is 5.26. The molecule has 1 unspecified atom stereocenters. The Kier molecular flexibility index (Phi) is 3.30. The molecule has 14 heavy (non-hydrogen) atoms. The SMILES string of the molecule is CC1CC=C(Sc2ccccc2)CC1. The van der Waals surface area contributed by atoms with Crippen molar-refractivity contribution in [2.24, 2.45) is 5.92 Å². The zero-order valence-electron chi connectivity index (χ0n) is 8.57. The summed E-state index contributed by atoms with van der Waals surface area (Å²) >= 11 is 1.93. The molecule has 0 aliphatic heterocycles. The molecule has 1 aliphatic rings. The third-order valence-corrected chi connectivity index (χ3v) is 3.76. The Morgan fingerprint density at radius 3 is 2.64 bits per heavy atom. The monoisotopic (exact) mass is 204 g/mol. The van der Waals surface area contributed by atoms with Crippen LogP contribution in [-0.4, -0.2) is 0 Å². The zero-order chi connectivity index (χ0) is 9.80. The molecule has 0 saturated heterocycles. The Balaban J connectivity index is 1.99. The summed E-state index contributed by atoms with van der Waals surface area (Å²) < 4.78 is 0. The van der Waals surface area contributed by atoms with E-state index in [1.807, 2.05) is 11.8 Å². The Bertz CT molecular complexity index is 313. The fourth-order valence-electron chi connectivity index (χ4n) is 1.67. The van der Waals surface area contributed by atoms with Crippen LogP contribution in [0.4, 0.5) is 0 Å². The molecule has 1 heteroatoms. The first kappa shape index (κ1) is 9.85. The Morgan fingerprint density at radius 2 is 2.00 bits per heavy atom. The first-order valence-corrected chi connectivity index (χ1v) is 6.08. The molecular weight excluding hydrogens is 188 g/mol. The molecular formula is C13H16S. The molecule has 0 nitrogen and oxygen atoms in total. The summed E-state index contributed by atoms with van der Waals surface area (Å²) in [5.74, 6) is 0.884. The van der Waals surface area contributed by atoms with E-state index in [4.69, 9.17) is 0 Å². The van der Waals surface area contributed by atoms with Gasteiger partial charge in [0.1, 0.15) is 0 Å². The lowest BCUT2D eigenvalue weighted by Gasteiger charge is -2.17. The maximum Gasteiger partial charge on any atom is 0.0118 e. The molecule has 1 atom stereocenters. The van der Waals surface area contributed by atoms with Gasteiger partial charge in [-0.3, -0.25) is 0 Å². The molecule has 1 aliphatic carbocycles. The van der Waals surface area contributed by atoms with Crippen LogP contribution in [0.15, 0.2) is 46.2 Å². The second kappa shape index (κ2) is 4.70. The van der Waals surface area contributed by atoms with Gasteiger partial charge in [-0.15, -0.1) is 0 Å². The predicted molar refractivity (Wildman–Crippen MR) is 63.4 cm³/mol. The van der Waals surface area contributed by atoms with Crippen LogP contribution in [0.25, 0.3) is 0 Å². The highest BCUT2D eigenvalue weighted by atomic mass is 32.2. The van der Waals surface area contributed by atoms with Crippen LogP contribution in [0.1, 0.15) is 26.2 Å².